The number of rotatable bonds is 4. The number of phenolic OH excluding ortho intramolecular Hbond substituents is 1. The van der Waals surface area contributed by atoms with E-state index < -0.39 is 0 Å². The Bertz CT molecular complexity index is 581. The van der Waals surface area contributed by atoms with Crippen molar-refractivity contribution in [1.29, 1.82) is 0 Å². The average Bonchev–Trinajstić information content (AvgIpc) is 2.40. The summed E-state index contributed by atoms with van der Waals surface area (Å²) >= 11 is 9.19. The fourth-order valence-corrected chi connectivity index (χ4v) is 2.14. The van der Waals surface area contributed by atoms with Crippen molar-refractivity contribution in [3.63, 3.8) is 0 Å². The van der Waals surface area contributed by atoms with Crippen molar-refractivity contribution in [2.45, 2.75) is 6.42 Å². The van der Waals surface area contributed by atoms with Crippen LogP contribution in [0.4, 0.5) is 0 Å². The van der Waals surface area contributed by atoms with Crippen LogP contribution in [0.5, 0.6) is 5.75 Å². The van der Waals surface area contributed by atoms with Crippen molar-refractivity contribution in [2.24, 2.45) is 4.99 Å². The minimum atomic E-state index is 0.235. The van der Waals surface area contributed by atoms with Gasteiger partial charge in [0.15, 0.2) is 0 Å². The standard InChI is InChI=1S/C15H13BrClNO/c16-13-3-6-15(19)12(9-13)10-18-8-7-11-1-4-14(17)5-2-11/h1-6,9-10,19H,7-8H2. The zero-order valence-corrected chi connectivity index (χ0v) is 12.5. The summed E-state index contributed by atoms with van der Waals surface area (Å²) in [5.41, 5.74) is 1.91. The maximum atomic E-state index is 9.66. The Morgan fingerprint density at radius 1 is 1.16 bits per heavy atom. The third kappa shape index (κ3) is 4.37. The Labute approximate surface area is 125 Å². The Hall–Kier alpha value is -1.32. The van der Waals surface area contributed by atoms with Crippen LogP contribution in [0, 0.1) is 0 Å². The lowest BCUT2D eigenvalue weighted by Gasteiger charge is -2.00. The molecule has 2 aromatic carbocycles. The number of halogens is 2. The molecule has 2 aromatic rings. The minimum absolute atomic E-state index is 0.235. The monoisotopic (exact) mass is 337 g/mol. The van der Waals surface area contributed by atoms with Crippen molar-refractivity contribution >= 4 is 33.7 Å². The maximum absolute atomic E-state index is 9.66. The Morgan fingerprint density at radius 3 is 2.63 bits per heavy atom. The van der Waals surface area contributed by atoms with Gasteiger partial charge in [-0.15, -0.1) is 0 Å². The summed E-state index contributed by atoms with van der Waals surface area (Å²) in [5.74, 6) is 0.235. The molecule has 19 heavy (non-hydrogen) atoms. The first-order chi connectivity index (χ1) is 9.15. The molecule has 1 N–H and O–H groups in total. The van der Waals surface area contributed by atoms with Crippen LogP contribution in [0.2, 0.25) is 5.02 Å². The zero-order chi connectivity index (χ0) is 13.7. The van der Waals surface area contributed by atoms with Crippen LogP contribution in [-0.4, -0.2) is 17.9 Å². The summed E-state index contributed by atoms with van der Waals surface area (Å²) in [5, 5.41) is 10.4. The van der Waals surface area contributed by atoms with Gasteiger partial charge in [0.25, 0.3) is 0 Å². The molecule has 0 aliphatic rings. The second-order valence-corrected chi connectivity index (χ2v) is 5.47. The molecule has 2 nitrogen and oxygen atoms in total. The highest BCUT2D eigenvalue weighted by Gasteiger charge is 1.98. The van der Waals surface area contributed by atoms with E-state index in [0.717, 1.165) is 15.9 Å². The summed E-state index contributed by atoms with van der Waals surface area (Å²) < 4.78 is 0.921. The first-order valence-electron chi connectivity index (χ1n) is 5.88. The molecule has 0 spiro atoms. The summed E-state index contributed by atoms with van der Waals surface area (Å²) in [6, 6.07) is 13.0. The molecular formula is C15H13BrClNO. The zero-order valence-electron chi connectivity index (χ0n) is 10.2. The molecule has 0 amide bonds. The molecule has 0 radical (unpaired) electrons. The van der Waals surface area contributed by atoms with Gasteiger partial charge in [0, 0.05) is 27.8 Å². The van der Waals surface area contributed by atoms with Gasteiger partial charge in [0.2, 0.25) is 0 Å². The predicted octanol–water partition coefficient (Wildman–Crippen LogP) is 4.47. The molecule has 0 aliphatic heterocycles. The molecule has 0 bridgehead atoms. The van der Waals surface area contributed by atoms with Crippen LogP contribution >= 0.6 is 27.5 Å². The molecule has 0 unspecified atom stereocenters. The third-order valence-electron chi connectivity index (χ3n) is 2.66. The second kappa shape index (κ2) is 6.73. The number of hydrogen-bond acceptors (Lipinski definition) is 2. The lowest BCUT2D eigenvalue weighted by molar-refractivity contribution is 0.474. The summed E-state index contributed by atoms with van der Waals surface area (Å²) in [6.07, 6.45) is 2.54. The van der Waals surface area contributed by atoms with Gasteiger partial charge in [-0.05, 0) is 42.3 Å². The van der Waals surface area contributed by atoms with E-state index in [1.54, 1.807) is 18.3 Å². The highest BCUT2D eigenvalue weighted by Crippen LogP contribution is 2.20. The van der Waals surface area contributed by atoms with Gasteiger partial charge in [-0.25, -0.2) is 0 Å². The van der Waals surface area contributed by atoms with Crippen molar-refractivity contribution < 1.29 is 5.11 Å². The quantitative estimate of drug-likeness (QED) is 0.820. The SMILES string of the molecule is Oc1ccc(Br)cc1C=NCCc1ccc(Cl)cc1. The van der Waals surface area contributed by atoms with Crippen LogP contribution in [0.3, 0.4) is 0 Å². The van der Waals surface area contributed by atoms with Crippen molar-refractivity contribution in [2.75, 3.05) is 6.54 Å². The van der Waals surface area contributed by atoms with Crippen LogP contribution in [0.25, 0.3) is 0 Å². The lowest BCUT2D eigenvalue weighted by Crippen LogP contribution is -1.91. The summed E-state index contributed by atoms with van der Waals surface area (Å²) in [7, 11) is 0. The van der Waals surface area contributed by atoms with Crippen LogP contribution in [-0.2, 0) is 6.42 Å². The number of hydrogen-bond donors (Lipinski definition) is 1. The van der Waals surface area contributed by atoms with Gasteiger partial charge < -0.3 is 5.11 Å². The van der Waals surface area contributed by atoms with Gasteiger partial charge in [-0.1, -0.05) is 39.7 Å². The van der Waals surface area contributed by atoms with E-state index in [9.17, 15) is 5.11 Å². The topological polar surface area (TPSA) is 32.6 Å². The molecule has 0 fully saturated rings. The predicted molar refractivity (Wildman–Crippen MR) is 83.4 cm³/mol. The second-order valence-electron chi connectivity index (χ2n) is 4.11. The molecule has 0 saturated carbocycles. The van der Waals surface area contributed by atoms with E-state index in [0.29, 0.717) is 12.1 Å². The fourth-order valence-electron chi connectivity index (χ4n) is 1.64. The van der Waals surface area contributed by atoms with E-state index in [2.05, 4.69) is 20.9 Å². The van der Waals surface area contributed by atoms with Gasteiger partial charge in [-0.2, -0.15) is 0 Å². The number of aromatic hydroxyl groups is 1. The molecule has 0 heterocycles. The fraction of sp³-hybridized carbons (Fsp3) is 0.133. The van der Waals surface area contributed by atoms with E-state index in [4.69, 9.17) is 11.6 Å². The number of phenols is 1. The maximum Gasteiger partial charge on any atom is 0.124 e. The first kappa shape index (κ1) is 14.1. The summed E-state index contributed by atoms with van der Waals surface area (Å²) in [6.45, 7) is 0.674. The summed E-state index contributed by atoms with van der Waals surface area (Å²) in [4.78, 5) is 4.32. The first-order valence-corrected chi connectivity index (χ1v) is 7.05. The smallest absolute Gasteiger partial charge is 0.124 e. The van der Waals surface area contributed by atoms with Crippen LogP contribution in [0.1, 0.15) is 11.1 Å². The van der Waals surface area contributed by atoms with E-state index in [-0.39, 0.29) is 5.75 Å². The highest BCUT2D eigenvalue weighted by atomic mass is 79.9. The van der Waals surface area contributed by atoms with Crippen molar-refractivity contribution in [3.8, 4) is 5.75 Å². The minimum Gasteiger partial charge on any atom is -0.507 e. The van der Waals surface area contributed by atoms with Gasteiger partial charge in [0.05, 0.1) is 0 Å². The van der Waals surface area contributed by atoms with Crippen molar-refractivity contribution in [3.05, 3.63) is 63.1 Å². The lowest BCUT2D eigenvalue weighted by atomic mass is 10.1. The molecule has 4 heteroatoms. The molecule has 0 atom stereocenters. The van der Waals surface area contributed by atoms with Crippen LogP contribution in [0.15, 0.2) is 51.9 Å². The largest absolute Gasteiger partial charge is 0.507 e. The molecule has 0 saturated heterocycles. The van der Waals surface area contributed by atoms with Gasteiger partial charge in [0.1, 0.15) is 5.75 Å². The van der Waals surface area contributed by atoms with Crippen molar-refractivity contribution in [1.82, 2.24) is 0 Å². The van der Waals surface area contributed by atoms with Crippen LogP contribution < -0.4 is 0 Å². The Kier molecular flexibility index (Phi) is 5.00. The Balaban J connectivity index is 1.93. The molecule has 2 rings (SSSR count). The average molecular weight is 339 g/mol. The van der Waals surface area contributed by atoms with E-state index in [1.165, 1.54) is 5.56 Å². The number of benzene rings is 2. The molecule has 98 valence electrons. The van der Waals surface area contributed by atoms with Gasteiger partial charge in [-0.3, -0.25) is 4.99 Å². The molecule has 0 aromatic heterocycles. The molecule has 0 aliphatic carbocycles. The molecular weight excluding hydrogens is 326 g/mol. The third-order valence-corrected chi connectivity index (χ3v) is 3.41. The normalized spacial score (nSPS) is 11.1. The number of nitrogens with zero attached hydrogens (tertiary/aromatic N) is 1. The van der Waals surface area contributed by atoms with E-state index >= 15 is 0 Å². The van der Waals surface area contributed by atoms with Gasteiger partial charge >= 0.3 is 0 Å². The van der Waals surface area contributed by atoms with E-state index in [1.807, 2.05) is 30.3 Å². The Morgan fingerprint density at radius 2 is 1.89 bits per heavy atom. The number of aliphatic imine (C=N–C) groups is 1. The highest BCUT2D eigenvalue weighted by molar-refractivity contribution is 9.10.